The summed E-state index contributed by atoms with van der Waals surface area (Å²) in [5, 5.41) is 10.5. The number of rotatable bonds is 1. The summed E-state index contributed by atoms with van der Waals surface area (Å²) >= 11 is 0. The summed E-state index contributed by atoms with van der Waals surface area (Å²) in [4.78, 5) is 8.41. The Balaban J connectivity index is 1.67. The molecule has 100 valence electrons. The van der Waals surface area contributed by atoms with Crippen LogP contribution in [0.3, 0.4) is 0 Å². The molecule has 0 aromatic carbocycles. The molecule has 2 heterocycles. The molecule has 0 aliphatic heterocycles. The van der Waals surface area contributed by atoms with Crippen LogP contribution in [0.1, 0.15) is 38.1 Å². The largest absolute Gasteiger partial charge is 0.393 e. The fourth-order valence-corrected chi connectivity index (χ4v) is 4.01. The van der Waals surface area contributed by atoms with Crippen molar-refractivity contribution in [2.45, 2.75) is 44.2 Å². The Bertz CT molecular complexity index is 629. The quantitative estimate of drug-likeness (QED) is 0.818. The van der Waals surface area contributed by atoms with E-state index in [0.717, 1.165) is 30.3 Å². The predicted octanol–water partition coefficient (Wildman–Crippen LogP) is 1.88. The van der Waals surface area contributed by atoms with Crippen LogP contribution in [0, 0.1) is 5.41 Å². The standard InChI is InChI=1S/C14H18N4O/c15-12-11-2-4-18(13(11)17-8-16-12)9-1-3-14(5-9)6-10(19)7-14/h2,4,8-10,19H,1,3,5-7H2,(H2,15,16,17). The third-order valence-corrected chi connectivity index (χ3v) is 4.95. The number of nitrogen functional groups attached to an aromatic ring is 1. The Hall–Kier alpha value is -1.62. The van der Waals surface area contributed by atoms with Gasteiger partial charge in [-0.3, -0.25) is 0 Å². The number of anilines is 1. The summed E-state index contributed by atoms with van der Waals surface area (Å²) in [5.74, 6) is 0.551. The topological polar surface area (TPSA) is 77.0 Å². The average molecular weight is 258 g/mol. The molecule has 1 spiro atoms. The number of hydrogen-bond acceptors (Lipinski definition) is 4. The van der Waals surface area contributed by atoms with Crippen LogP contribution in [0.25, 0.3) is 11.0 Å². The molecule has 0 radical (unpaired) electrons. The zero-order valence-corrected chi connectivity index (χ0v) is 10.8. The zero-order chi connectivity index (χ0) is 13.0. The number of aliphatic hydroxyl groups excluding tert-OH is 1. The van der Waals surface area contributed by atoms with E-state index >= 15 is 0 Å². The van der Waals surface area contributed by atoms with Crippen molar-refractivity contribution in [3.05, 3.63) is 18.6 Å². The van der Waals surface area contributed by atoms with E-state index in [9.17, 15) is 5.11 Å². The second-order valence-electron chi connectivity index (χ2n) is 6.18. The highest BCUT2D eigenvalue weighted by Crippen LogP contribution is 2.56. The fraction of sp³-hybridized carbons (Fsp3) is 0.571. The number of nitrogens with zero attached hydrogens (tertiary/aromatic N) is 3. The Morgan fingerprint density at radius 2 is 2.16 bits per heavy atom. The molecule has 1 unspecified atom stereocenters. The van der Waals surface area contributed by atoms with Crippen LogP contribution in [0.4, 0.5) is 5.82 Å². The van der Waals surface area contributed by atoms with Gasteiger partial charge in [0.25, 0.3) is 0 Å². The first kappa shape index (κ1) is 11.2. The Kier molecular flexibility index (Phi) is 2.18. The third kappa shape index (κ3) is 1.57. The molecule has 2 aliphatic carbocycles. The van der Waals surface area contributed by atoms with E-state index in [0.29, 0.717) is 17.3 Å². The molecule has 1 atom stereocenters. The highest BCUT2D eigenvalue weighted by molar-refractivity contribution is 5.86. The van der Waals surface area contributed by atoms with Crippen molar-refractivity contribution in [1.82, 2.24) is 14.5 Å². The number of hydrogen-bond donors (Lipinski definition) is 2. The van der Waals surface area contributed by atoms with Gasteiger partial charge < -0.3 is 15.4 Å². The Morgan fingerprint density at radius 3 is 2.95 bits per heavy atom. The van der Waals surface area contributed by atoms with Crippen molar-refractivity contribution in [3.8, 4) is 0 Å². The molecule has 5 nitrogen and oxygen atoms in total. The highest BCUT2D eigenvalue weighted by atomic mass is 16.3. The van der Waals surface area contributed by atoms with Crippen LogP contribution in [0.5, 0.6) is 0 Å². The minimum Gasteiger partial charge on any atom is -0.393 e. The Labute approximate surface area is 111 Å². The number of nitrogens with two attached hydrogens (primary N) is 1. The van der Waals surface area contributed by atoms with Gasteiger partial charge in [-0.15, -0.1) is 0 Å². The molecule has 0 bridgehead atoms. The maximum absolute atomic E-state index is 9.55. The van der Waals surface area contributed by atoms with E-state index in [2.05, 4.69) is 20.7 Å². The first-order valence-electron chi connectivity index (χ1n) is 6.92. The summed E-state index contributed by atoms with van der Waals surface area (Å²) in [5.41, 5.74) is 7.21. The second-order valence-corrected chi connectivity index (χ2v) is 6.18. The maximum Gasteiger partial charge on any atom is 0.145 e. The number of aliphatic hydroxyl groups is 1. The summed E-state index contributed by atoms with van der Waals surface area (Å²) in [6.45, 7) is 0. The van der Waals surface area contributed by atoms with Gasteiger partial charge in [0.05, 0.1) is 11.5 Å². The average Bonchev–Trinajstić information content (AvgIpc) is 2.93. The normalized spacial score (nSPS) is 33.9. The molecule has 0 saturated heterocycles. The van der Waals surface area contributed by atoms with E-state index in [1.165, 1.54) is 19.2 Å². The molecular weight excluding hydrogens is 240 g/mol. The summed E-state index contributed by atoms with van der Waals surface area (Å²) in [7, 11) is 0. The molecule has 2 aromatic heterocycles. The summed E-state index contributed by atoms with van der Waals surface area (Å²) < 4.78 is 2.24. The van der Waals surface area contributed by atoms with E-state index in [1.54, 1.807) is 0 Å². The lowest BCUT2D eigenvalue weighted by Crippen LogP contribution is -2.38. The van der Waals surface area contributed by atoms with Gasteiger partial charge >= 0.3 is 0 Å². The zero-order valence-electron chi connectivity index (χ0n) is 10.8. The molecule has 19 heavy (non-hydrogen) atoms. The van der Waals surface area contributed by atoms with E-state index < -0.39 is 0 Å². The van der Waals surface area contributed by atoms with Gasteiger partial charge in [-0.05, 0) is 43.6 Å². The van der Waals surface area contributed by atoms with E-state index in [-0.39, 0.29) is 6.10 Å². The predicted molar refractivity (Wildman–Crippen MR) is 72.5 cm³/mol. The van der Waals surface area contributed by atoms with Crippen LogP contribution in [-0.4, -0.2) is 25.7 Å². The molecule has 2 fully saturated rings. The lowest BCUT2D eigenvalue weighted by molar-refractivity contribution is -0.0294. The van der Waals surface area contributed by atoms with Gasteiger partial charge in [-0.25, -0.2) is 9.97 Å². The molecule has 2 aromatic rings. The molecular formula is C14H18N4O. The number of aromatic nitrogens is 3. The summed E-state index contributed by atoms with van der Waals surface area (Å²) in [6.07, 6.45) is 9.02. The van der Waals surface area contributed by atoms with Crippen LogP contribution in [-0.2, 0) is 0 Å². The van der Waals surface area contributed by atoms with Gasteiger partial charge in [-0.1, -0.05) is 0 Å². The molecule has 2 saturated carbocycles. The van der Waals surface area contributed by atoms with Crippen molar-refractivity contribution in [2.75, 3.05) is 5.73 Å². The van der Waals surface area contributed by atoms with Gasteiger partial charge in [0, 0.05) is 12.2 Å². The lowest BCUT2D eigenvalue weighted by Gasteiger charge is -2.42. The molecule has 5 heteroatoms. The summed E-state index contributed by atoms with van der Waals surface area (Å²) in [6, 6.07) is 2.49. The van der Waals surface area contributed by atoms with Crippen molar-refractivity contribution in [1.29, 1.82) is 0 Å². The minimum atomic E-state index is -0.0712. The van der Waals surface area contributed by atoms with Crippen LogP contribution in [0.15, 0.2) is 18.6 Å². The van der Waals surface area contributed by atoms with Gasteiger partial charge in [0.15, 0.2) is 0 Å². The van der Waals surface area contributed by atoms with Crippen LogP contribution >= 0.6 is 0 Å². The van der Waals surface area contributed by atoms with Crippen molar-refractivity contribution in [2.24, 2.45) is 5.41 Å². The lowest BCUT2D eigenvalue weighted by atomic mass is 9.65. The Morgan fingerprint density at radius 1 is 1.32 bits per heavy atom. The van der Waals surface area contributed by atoms with Gasteiger partial charge in [0.1, 0.15) is 17.8 Å². The van der Waals surface area contributed by atoms with E-state index in [1.807, 2.05) is 6.07 Å². The van der Waals surface area contributed by atoms with Crippen LogP contribution < -0.4 is 5.73 Å². The molecule has 4 rings (SSSR count). The first-order valence-corrected chi connectivity index (χ1v) is 6.92. The third-order valence-electron chi connectivity index (χ3n) is 4.95. The van der Waals surface area contributed by atoms with Crippen molar-refractivity contribution < 1.29 is 5.11 Å². The first-order chi connectivity index (χ1) is 9.17. The smallest absolute Gasteiger partial charge is 0.145 e. The molecule has 0 amide bonds. The minimum absolute atomic E-state index is 0.0712. The SMILES string of the molecule is Nc1ncnc2c1ccn2C1CCC2(CC(O)C2)C1. The molecule has 3 N–H and O–H groups in total. The highest BCUT2D eigenvalue weighted by Gasteiger charge is 2.48. The monoisotopic (exact) mass is 258 g/mol. The molecule has 2 aliphatic rings. The van der Waals surface area contributed by atoms with E-state index in [4.69, 9.17) is 5.73 Å². The van der Waals surface area contributed by atoms with Gasteiger partial charge in [0.2, 0.25) is 0 Å². The maximum atomic E-state index is 9.55. The van der Waals surface area contributed by atoms with Crippen molar-refractivity contribution >= 4 is 16.9 Å². The second kappa shape index (κ2) is 3.70. The van der Waals surface area contributed by atoms with Crippen LogP contribution in [0.2, 0.25) is 0 Å². The van der Waals surface area contributed by atoms with Crippen molar-refractivity contribution in [3.63, 3.8) is 0 Å². The van der Waals surface area contributed by atoms with Gasteiger partial charge in [-0.2, -0.15) is 0 Å². The number of fused-ring (bicyclic) bond motifs is 1. The fourth-order valence-electron chi connectivity index (χ4n) is 4.01.